The van der Waals surface area contributed by atoms with Crippen LogP contribution in [0.3, 0.4) is 0 Å². The van der Waals surface area contributed by atoms with Crippen molar-refractivity contribution in [2.75, 3.05) is 14.2 Å². The molecular weight excluding hydrogens is 360 g/mol. The van der Waals surface area contributed by atoms with E-state index in [9.17, 15) is 4.79 Å². The summed E-state index contributed by atoms with van der Waals surface area (Å²) in [6, 6.07) is 11.5. The molecule has 0 saturated carbocycles. The fraction of sp³-hybridized carbons (Fsp3) is 0.333. The van der Waals surface area contributed by atoms with Crippen molar-refractivity contribution >= 4 is 27.5 Å². The Kier molecular flexibility index (Phi) is 5.96. The first-order valence-electron chi connectivity index (χ1n) is 8.96. The van der Waals surface area contributed by atoms with Gasteiger partial charge in [-0.1, -0.05) is 30.7 Å². The molecule has 5 nitrogen and oxygen atoms in total. The highest BCUT2D eigenvalue weighted by Crippen LogP contribution is 2.23. The number of aromatic nitrogens is 1. The molecule has 0 spiro atoms. The molecule has 3 rings (SSSR count). The van der Waals surface area contributed by atoms with Crippen LogP contribution < -0.4 is 14.3 Å². The molecule has 3 aromatic rings. The first-order chi connectivity index (χ1) is 13.0. The van der Waals surface area contributed by atoms with Crippen LogP contribution >= 0.6 is 11.3 Å². The maximum atomic E-state index is 12.7. The van der Waals surface area contributed by atoms with Gasteiger partial charge >= 0.3 is 0 Å². The standard InChI is InChI=1S/C21H24N2O3S/c1-5-6-7-14-8-9-18-19(10-14)27-21(23(18)2)22-20(24)15-11-16(25-3)13-17(12-15)26-4/h8-13H,5-7H2,1-4H3. The van der Waals surface area contributed by atoms with E-state index in [1.165, 1.54) is 29.7 Å². The summed E-state index contributed by atoms with van der Waals surface area (Å²) in [4.78, 5) is 17.7. The van der Waals surface area contributed by atoms with Crippen molar-refractivity contribution < 1.29 is 14.3 Å². The molecule has 142 valence electrons. The van der Waals surface area contributed by atoms with Gasteiger partial charge in [-0.05, 0) is 42.7 Å². The maximum absolute atomic E-state index is 12.7. The molecule has 0 N–H and O–H groups in total. The maximum Gasteiger partial charge on any atom is 0.279 e. The number of nitrogens with zero attached hydrogens (tertiary/aromatic N) is 2. The van der Waals surface area contributed by atoms with E-state index >= 15 is 0 Å². The summed E-state index contributed by atoms with van der Waals surface area (Å²) in [6.45, 7) is 2.19. The van der Waals surface area contributed by atoms with Gasteiger partial charge < -0.3 is 14.0 Å². The minimum atomic E-state index is -0.319. The molecule has 27 heavy (non-hydrogen) atoms. The molecule has 0 radical (unpaired) electrons. The predicted molar refractivity (Wildman–Crippen MR) is 109 cm³/mol. The largest absolute Gasteiger partial charge is 0.497 e. The Hall–Kier alpha value is -2.60. The summed E-state index contributed by atoms with van der Waals surface area (Å²) in [5.74, 6) is 0.809. The van der Waals surface area contributed by atoms with E-state index < -0.39 is 0 Å². The molecular formula is C21H24N2O3S. The minimum Gasteiger partial charge on any atom is -0.497 e. The van der Waals surface area contributed by atoms with Crippen molar-refractivity contribution in [3.63, 3.8) is 0 Å². The van der Waals surface area contributed by atoms with Gasteiger partial charge in [0, 0.05) is 18.7 Å². The summed E-state index contributed by atoms with van der Waals surface area (Å²) >= 11 is 1.53. The summed E-state index contributed by atoms with van der Waals surface area (Å²) < 4.78 is 13.6. The molecule has 2 aromatic carbocycles. The first kappa shape index (κ1) is 19.2. The number of thiazole rings is 1. The van der Waals surface area contributed by atoms with Crippen LogP contribution in [-0.4, -0.2) is 24.7 Å². The zero-order valence-corrected chi connectivity index (χ0v) is 16.9. The van der Waals surface area contributed by atoms with Gasteiger partial charge in [-0.2, -0.15) is 4.99 Å². The molecule has 0 aliphatic carbocycles. The third kappa shape index (κ3) is 4.22. The Morgan fingerprint density at radius 3 is 2.44 bits per heavy atom. The Morgan fingerprint density at radius 1 is 1.11 bits per heavy atom. The fourth-order valence-corrected chi connectivity index (χ4v) is 3.98. The van der Waals surface area contributed by atoms with Crippen LogP contribution in [0.15, 0.2) is 41.4 Å². The second kappa shape index (κ2) is 8.39. The van der Waals surface area contributed by atoms with Gasteiger partial charge in [0.25, 0.3) is 5.91 Å². The predicted octanol–water partition coefficient (Wildman–Crippen LogP) is 4.34. The molecule has 0 aliphatic heterocycles. The summed E-state index contributed by atoms with van der Waals surface area (Å²) in [5, 5.41) is 0. The van der Waals surface area contributed by atoms with E-state index in [1.807, 2.05) is 11.6 Å². The second-order valence-electron chi connectivity index (χ2n) is 6.37. The highest BCUT2D eigenvalue weighted by molar-refractivity contribution is 7.16. The number of fused-ring (bicyclic) bond motifs is 1. The van der Waals surface area contributed by atoms with Crippen LogP contribution in [0.4, 0.5) is 0 Å². The quantitative estimate of drug-likeness (QED) is 0.635. The third-order valence-corrected chi connectivity index (χ3v) is 5.58. The lowest BCUT2D eigenvalue weighted by Crippen LogP contribution is -2.13. The molecule has 0 bridgehead atoms. The average molecular weight is 385 g/mol. The lowest BCUT2D eigenvalue weighted by molar-refractivity contribution is 0.0997. The highest BCUT2D eigenvalue weighted by atomic mass is 32.1. The number of amides is 1. The van der Waals surface area contributed by atoms with E-state index in [2.05, 4.69) is 30.1 Å². The normalized spacial score (nSPS) is 11.8. The van der Waals surface area contributed by atoms with Crippen molar-refractivity contribution in [1.82, 2.24) is 4.57 Å². The van der Waals surface area contributed by atoms with E-state index in [-0.39, 0.29) is 5.91 Å². The van der Waals surface area contributed by atoms with E-state index in [0.29, 0.717) is 21.9 Å². The van der Waals surface area contributed by atoms with E-state index in [1.54, 1.807) is 32.4 Å². The van der Waals surface area contributed by atoms with Crippen LogP contribution in [0.1, 0.15) is 35.7 Å². The molecule has 1 heterocycles. The zero-order valence-electron chi connectivity index (χ0n) is 16.1. The number of aryl methyl sites for hydroxylation is 2. The SMILES string of the molecule is CCCCc1ccc2c(c1)sc(=NC(=O)c1cc(OC)cc(OC)c1)n2C. The van der Waals surface area contributed by atoms with E-state index in [4.69, 9.17) is 9.47 Å². The monoisotopic (exact) mass is 384 g/mol. The number of hydrogen-bond donors (Lipinski definition) is 0. The van der Waals surface area contributed by atoms with Crippen molar-refractivity contribution in [2.45, 2.75) is 26.2 Å². The smallest absolute Gasteiger partial charge is 0.279 e. The average Bonchev–Trinajstić information content (AvgIpc) is 3.00. The van der Waals surface area contributed by atoms with Crippen LogP contribution in [0, 0.1) is 0 Å². The number of unbranched alkanes of at least 4 members (excludes halogenated alkanes) is 1. The first-order valence-corrected chi connectivity index (χ1v) is 9.78. The third-order valence-electron chi connectivity index (χ3n) is 4.49. The Balaban J connectivity index is 2.00. The zero-order chi connectivity index (χ0) is 19.4. The van der Waals surface area contributed by atoms with Crippen molar-refractivity contribution in [3.8, 4) is 11.5 Å². The highest BCUT2D eigenvalue weighted by Gasteiger charge is 2.11. The van der Waals surface area contributed by atoms with Crippen molar-refractivity contribution in [1.29, 1.82) is 0 Å². The molecule has 6 heteroatoms. The van der Waals surface area contributed by atoms with E-state index in [0.717, 1.165) is 16.6 Å². The van der Waals surface area contributed by atoms with Crippen LogP contribution in [0.5, 0.6) is 11.5 Å². The Morgan fingerprint density at radius 2 is 1.81 bits per heavy atom. The van der Waals surface area contributed by atoms with Crippen LogP contribution in [0.25, 0.3) is 10.2 Å². The van der Waals surface area contributed by atoms with Gasteiger partial charge in [-0.25, -0.2) is 0 Å². The molecule has 0 aliphatic rings. The second-order valence-corrected chi connectivity index (χ2v) is 7.38. The molecule has 1 amide bonds. The summed E-state index contributed by atoms with van der Waals surface area (Å²) in [7, 11) is 5.05. The van der Waals surface area contributed by atoms with Gasteiger partial charge in [0.15, 0.2) is 4.80 Å². The lowest BCUT2D eigenvalue weighted by atomic mass is 10.1. The van der Waals surface area contributed by atoms with Gasteiger partial charge in [-0.3, -0.25) is 4.79 Å². The van der Waals surface area contributed by atoms with Crippen LogP contribution in [0.2, 0.25) is 0 Å². The van der Waals surface area contributed by atoms with Gasteiger partial charge in [0.05, 0.1) is 24.4 Å². The minimum absolute atomic E-state index is 0.319. The number of benzene rings is 2. The number of hydrogen-bond acceptors (Lipinski definition) is 4. The molecule has 0 unspecified atom stereocenters. The molecule has 0 fully saturated rings. The lowest BCUT2D eigenvalue weighted by Gasteiger charge is -2.05. The van der Waals surface area contributed by atoms with Gasteiger partial charge in [0.1, 0.15) is 11.5 Å². The number of carbonyl (C=O) groups excluding carboxylic acids is 1. The molecule has 0 saturated heterocycles. The van der Waals surface area contributed by atoms with Crippen LogP contribution in [-0.2, 0) is 13.5 Å². The number of methoxy groups -OCH3 is 2. The molecule has 1 aromatic heterocycles. The Bertz CT molecular complexity index is 1010. The Labute approximate surface area is 162 Å². The topological polar surface area (TPSA) is 52.8 Å². The van der Waals surface area contributed by atoms with Crippen molar-refractivity contribution in [2.24, 2.45) is 12.0 Å². The summed E-state index contributed by atoms with van der Waals surface area (Å²) in [6.07, 6.45) is 3.43. The number of rotatable bonds is 6. The number of carbonyl (C=O) groups is 1. The van der Waals surface area contributed by atoms with Gasteiger partial charge in [0.2, 0.25) is 0 Å². The number of ether oxygens (including phenoxy) is 2. The fourth-order valence-electron chi connectivity index (χ4n) is 2.90. The molecule has 0 atom stereocenters. The van der Waals surface area contributed by atoms with Crippen molar-refractivity contribution in [3.05, 3.63) is 52.3 Å². The summed E-state index contributed by atoms with van der Waals surface area (Å²) in [5.41, 5.74) is 2.84. The van der Waals surface area contributed by atoms with Gasteiger partial charge in [-0.15, -0.1) is 0 Å².